The van der Waals surface area contributed by atoms with Gasteiger partial charge in [-0.15, -0.1) is 0 Å². The van der Waals surface area contributed by atoms with E-state index in [2.05, 4.69) is 15.9 Å². The first-order valence-electron chi connectivity index (χ1n) is 8.05. The Balaban J connectivity index is 1.47. The first kappa shape index (κ1) is 17.5. The minimum atomic E-state index is -0.139. The minimum Gasteiger partial charge on any atom is -0.343 e. The summed E-state index contributed by atoms with van der Waals surface area (Å²) in [5.41, 5.74) is 1.15. The van der Waals surface area contributed by atoms with Crippen LogP contribution in [0.1, 0.15) is 24.8 Å². The molecule has 1 aromatic carbocycles. The number of benzene rings is 1. The maximum absolute atomic E-state index is 12.4. The molecule has 2 aliphatic rings. The summed E-state index contributed by atoms with van der Waals surface area (Å²) < 4.78 is 1.03. The van der Waals surface area contributed by atoms with Crippen molar-refractivity contribution in [2.45, 2.75) is 31.7 Å². The van der Waals surface area contributed by atoms with Crippen molar-refractivity contribution in [3.8, 4) is 0 Å². The molecule has 0 N–H and O–H groups in total. The molecule has 0 aromatic heterocycles. The predicted octanol–water partition coefficient (Wildman–Crippen LogP) is 3.07. The van der Waals surface area contributed by atoms with Gasteiger partial charge in [0.25, 0.3) is 5.24 Å². The van der Waals surface area contributed by atoms with E-state index in [1.165, 1.54) is 4.90 Å². The Morgan fingerprint density at radius 3 is 2.42 bits per heavy atom. The molecule has 0 radical (unpaired) electrons. The highest BCUT2D eigenvalue weighted by molar-refractivity contribution is 9.10. The van der Waals surface area contributed by atoms with Gasteiger partial charge >= 0.3 is 0 Å². The van der Waals surface area contributed by atoms with Crippen LogP contribution in [0.4, 0.5) is 4.79 Å². The number of amides is 3. The largest absolute Gasteiger partial charge is 0.343 e. The number of hydrogen-bond acceptors (Lipinski definition) is 4. The summed E-state index contributed by atoms with van der Waals surface area (Å²) in [6.45, 7) is 1.23. The van der Waals surface area contributed by atoms with Gasteiger partial charge in [0, 0.05) is 30.0 Å². The molecule has 2 fully saturated rings. The van der Waals surface area contributed by atoms with Crippen LogP contribution < -0.4 is 0 Å². The molecule has 0 atom stereocenters. The van der Waals surface area contributed by atoms with Crippen molar-refractivity contribution in [3.05, 3.63) is 34.3 Å². The fourth-order valence-electron chi connectivity index (χ4n) is 3.15. The number of aryl methyl sites for hydroxylation is 1. The van der Waals surface area contributed by atoms with Crippen LogP contribution in [0.3, 0.4) is 0 Å². The minimum absolute atomic E-state index is 0.0458. The molecule has 3 rings (SSSR count). The summed E-state index contributed by atoms with van der Waals surface area (Å²) in [6.07, 6.45) is 2.58. The second kappa shape index (κ2) is 7.70. The topological polar surface area (TPSA) is 57.7 Å². The van der Waals surface area contributed by atoms with E-state index >= 15 is 0 Å². The van der Waals surface area contributed by atoms with Crippen molar-refractivity contribution in [2.24, 2.45) is 0 Å². The Morgan fingerprint density at radius 2 is 1.83 bits per heavy atom. The van der Waals surface area contributed by atoms with Gasteiger partial charge in [0.05, 0.1) is 5.75 Å². The third-order valence-electron chi connectivity index (χ3n) is 4.51. The molecule has 0 bridgehead atoms. The number of thioether (sulfide) groups is 1. The number of piperidine rings is 1. The summed E-state index contributed by atoms with van der Waals surface area (Å²) in [4.78, 5) is 39.2. The van der Waals surface area contributed by atoms with Gasteiger partial charge < -0.3 is 4.90 Å². The summed E-state index contributed by atoms with van der Waals surface area (Å²) in [6, 6.07) is 7.95. The Bertz CT molecular complexity index is 626. The van der Waals surface area contributed by atoms with Crippen molar-refractivity contribution in [1.82, 2.24) is 9.80 Å². The fraction of sp³-hybridized carbons (Fsp3) is 0.471. The molecule has 0 aliphatic carbocycles. The van der Waals surface area contributed by atoms with Gasteiger partial charge in [0.15, 0.2) is 0 Å². The maximum Gasteiger partial charge on any atom is 0.289 e. The zero-order chi connectivity index (χ0) is 17.1. The predicted molar refractivity (Wildman–Crippen MR) is 96.8 cm³/mol. The lowest BCUT2D eigenvalue weighted by Crippen LogP contribution is -2.48. The van der Waals surface area contributed by atoms with Crippen molar-refractivity contribution >= 4 is 44.7 Å². The molecule has 7 heteroatoms. The summed E-state index contributed by atoms with van der Waals surface area (Å²) in [7, 11) is 0. The van der Waals surface area contributed by atoms with E-state index in [-0.39, 0.29) is 28.8 Å². The third kappa shape index (κ3) is 4.00. The van der Waals surface area contributed by atoms with Crippen LogP contribution in [0.25, 0.3) is 0 Å². The van der Waals surface area contributed by atoms with Gasteiger partial charge in [-0.25, -0.2) is 0 Å². The standard InChI is InChI=1S/C17H19BrN2O3S/c18-13-4-1-12(2-5-13)3-6-15(21)19-9-7-14(8-10-19)20-16(22)11-24-17(20)23/h1-2,4-5,14H,3,6-11H2. The van der Waals surface area contributed by atoms with Gasteiger partial charge in [-0.3, -0.25) is 19.3 Å². The summed E-state index contributed by atoms with van der Waals surface area (Å²) in [5, 5.41) is -0.139. The third-order valence-corrected chi connectivity index (χ3v) is 5.87. The van der Waals surface area contributed by atoms with Gasteiger partial charge in [-0.1, -0.05) is 39.8 Å². The smallest absolute Gasteiger partial charge is 0.289 e. The van der Waals surface area contributed by atoms with E-state index in [0.29, 0.717) is 32.4 Å². The van der Waals surface area contributed by atoms with E-state index < -0.39 is 0 Å². The zero-order valence-corrected chi connectivity index (χ0v) is 15.6. The first-order valence-corrected chi connectivity index (χ1v) is 9.83. The van der Waals surface area contributed by atoms with Crippen molar-refractivity contribution in [3.63, 3.8) is 0 Å². The number of imide groups is 1. The molecule has 0 saturated carbocycles. The number of hydrogen-bond donors (Lipinski definition) is 0. The molecule has 1 aromatic rings. The average Bonchev–Trinajstić information content (AvgIpc) is 2.93. The number of rotatable bonds is 4. The molecule has 2 saturated heterocycles. The van der Waals surface area contributed by atoms with Gasteiger partial charge in [-0.05, 0) is 37.0 Å². The Morgan fingerprint density at radius 1 is 1.17 bits per heavy atom. The summed E-state index contributed by atoms with van der Waals surface area (Å²) >= 11 is 4.48. The molecule has 3 amide bonds. The Labute approximate surface area is 153 Å². The Hall–Kier alpha value is -1.34. The van der Waals surface area contributed by atoms with Gasteiger partial charge in [-0.2, -0.15) is 0 Å². The maximum atomic E-state index is 12.4. The highest BCUT2D eigenvalue weighted by Gasteiger charge is 2.37. The second-order valence-corrected chi connectivity index (χ2v) is 7.90. The highest BCUT2D eigenvalue weighted by Crippen LogP contribution is 2.27. The van der Waals surface area contributed by atoms with E-state index in [1.54, 1.807) is 0 Å². The normalized spacial score (nSPS) is 19.2. The van der Waals surface area contributed by atoms with Crippen molar-refractivity contribution in [2.75, 3.05) is 18.8 Å². The van der Waals surface area contributed by atoms with Gasteiger partial charge in [0.2, 0.25) is 11.8 Å². The van der Waals surface area contributed by atoms with Crippen LogP contribution in [-0.4, -0.2) is 51.7 Å². The lowest BCUT2D eigenvalue weighted by atomic mass is 10.0. The molecule has 0 spiro atoms. The van der Waals surface area contributed by atoms with Crippen LogP contribution in [0, 0.1) is 0 Å². The average molecular weight is 411 g/mol. The van der Waals surface area contributed by atoms with E-state index in [1.807, 2.05) is 29.2 Å². The fourth-order valence-corrected chi connectivity index (χ4v) is 4.19. The number of likely N-dealkylation sites (tertiary alicyclic amines) is 1. The van der Waals surface area contributed by atoms with Crippen molar-refractivity contribution < 1.29 is 14.4 Å². The molecule has 128 valence electrons. The monoisotopic (exact) mass is 410 g/mol. The molecule has 24 heavy (non-hydrogen) atoms. The van der Waals surface area contributed by atoms with E-state index in [9.17, 15) is 14.4 Å². The summed E-state index contributed by atoms with van der Waals surface area (Å²) in [5.74, 6) is 0.306. The highest BCUT2D eigenvalue weighted by atomic mass is 79.9. The molecule has 2 aliphatic heterocycles. The lowest BCUT2D eigenvalue weighted by molar-refractivity contribution is -0.133. The molecule has 0 unspecified atom stereocenters. The quantitative estimate of drug-likeness (QED) is 0.764. The second-order valence-electron chi connectivity index (χ2n) is 6.06. The van der Waals surface area contributed by atoms with Crippen LogP contribution in [0.15, 0.2) is 28.7 Å². The van der Waals surface area contributed by atoms with Gasteiger partial charge in [0.1, 0.15) is 0 Å². The van der Waals surface area contributed by atoms with Crippen LogP contribution in [0.2, 0.25) is 0 Å². The SMILES string of the molecule is O=C(CCc1ccc(Br)cc1)N1CCC(N2C(=O)CSC2=O)CC1. The van der Waals surface area contributed by atoms with Crippen LogP contribution in [-0.2, 0) is 16.0 Å². The molecular weight excluding hydrogens is 392 g/mol. The Kier molecular flexibility index (Phi) is 5.61. The molecule has 5 nitrogen and oxygen atoms in total. The zero-order valence-electron chi connectivity index (χ0n) is 13.2. The molecular formula is C17H19BrN2O3S. The number of carbonyl (C=O) groups is 3. The number of carbonyl (C=O) groups excluding carboxylic acids is 3. The van der Waals surface area contributed by atoms with E-state index in [0.717, 1.165) is 28.2 Å². The first-order chi connectivity index (χ1) is 11.5. The van der Waals surface area contributed by atoms with Crippen molar-refractivity contribution in [1.29, 1.82) is 0 Å². The van der Waals surface area contributed by atoms with E-state index in [4.69, 9.17) is 0 Å². The lowest BCUT2D eigenvalue weighted by Gasteiger charge is -2.35. The molecule has 2 heterocycles. The number of nitrogens with zero attached hydrogens (tertiary/aromatic N) is 2. The van der Waals surface area contributed by atoms with Crippen LogP contribution in [0.5, 0.6) is 0 Å². The van der Waals surface area contributed by atoms with Crippen LogP contribution >= 0.6 is 27.7 Å². The number of halogens is 1.